The van der Waals surface area contributed by atoms with Gasteiger partial charge in [0.1, 0.15) is 5.69 Å². The first-order valence-electron chi connectivity index (χ1n) is 13.5. The summed E-state index contributed by atoms with van der Waals surface area (Å²) in [7, 11) is 0. The van der Waals surface area contributed by atoms with Crippen LogP contribution in [0.5, 0.6) is 0 Å². The van der Waals surface area contributed by atoms with Gasteiger partial charge in [0.05, 0.1) is 36.1 Å². The zero-order chi connectivity index (χ0) is 25.2. The number of hydrogen-bond donors (Lipinski definition) is 4. The summed E-state index contributed by atoms with van der Waals surface area (Å²) >= 11 is 0. The third-order valence-electron chi connectivity index (χ3n) is 8.35. The van der Waals surface area contributed by atoms with E-state index in [1.807, 2.05) is 24.4 Å². The lowest BCUT2D eigenvalue weighted by Crippen LogP contribution is -2.73. The first-order valence-corrected chi connectivity index (χ1v) is 13.5. The zero-order valence-corrected chi connectivity index (χ0v) is 21.4. The number of piperazine rings is 1. The van der Waals surface area contributed by atoms with Crippen molar-refractivity contribution in [1.29, 1.82) is 0 Å². The molecule has 1 amide bonds. The lowest BCUT2D eigenvalue weighted by molar-refractivity contribution is -0.127. The van der Waals surface area contributed by atoms with Gasteiger partial charge in [-0.2, -0.15) is 0 Å². The topological polar surface area (TPSA) is 69.0 Å². The molecule has 0 bridgehead atoms. The highest BCUT2D eigenvalue weighted by atomic mass is 16.2. The predicted octanol–water partition coefficient (Wildman–Crippen LogP) is 4.75. The van der Waals surface area contributed by atoms with Crippen LogP contribution in [0.1, 0.15) is 30.5 Å². The van der Waals surface area contributed by atoms with Gasteiger partial charge in [0, 0.05) is 25.0 Å². The maximum atomic E-state index is 14.5. The highest BCUT2D eigenvalue weighted by Crippen LogP contribution is 2.38. The molecule has 37 heavy (non-hydrogen) atoms. The number of carbonyl (C=O) groups excluding carboxylic acids is 1. The lowest BCUT2D eigenvalue weighted by atomic mass is 9.89. The van der Waals surface area contributed by atoms with Crippen LogP contribution in [0.25, 0.3) is 10.9 Å². The van der Waals surface area contributed by atoms with Crippen molar-refractivity contribution in [2.75, 3.05) is 31.5 Å². The molecule has 1 aromatic heterocycles. The summed E-state index contributed by atoms with van der Waals surface area (Å²) in [6.45, 7) is 5.57. The van der Waals surface area contributed by atoms with Crippen LogP contribution < -0.4 is 20.4 Å². The second-order valence-corrected chi connectivity index (χ2v) is 10.5. The number of fused-ring (bicyclic) bond motifs is 2. The van der Waals surface area contributed by atoms with E-state index in [1.165, 1.54) is 16.6 Å². The first-order chi connectivity index (χ1) is 18.2. The Morgan fingerprint density at radius 3 is 2.57 bits per heavy atom. The minimum atomic E-state index is -0.276. The van der Waals surface area contributed by atoms with Gasteiger partial charge in [0.15, 0.2) is 6.04 Å². The third kappa shape index (κ3) is 4.41. The molecule has 3 aromatic carbocycles. The maximum absolute atomic E-state index is 14.5. The SMILES string of the molecule is C[C@@H](NC(=O)C(C1CCc2ccccc2N1)[N+]1(c2cccc3[nH]ccc23)CCNCC1)c1ccccc1. The Morgan fingerprint density at radius 2 is 1.73 bits per heavy atom. The van der Waals surface area contributed by atoms with Gasteiger partial charge in [-0.05, 0) is 55.2 Å². The molecule has 6 heteroatoms. The molecule has 0 aliphatic carbocycles. The van der Waals surface area contributed by atoms with Gasteiger partial charge in [0.25, 0.3) is 5.91 Å². The second-order valence-electron chi connectivity index (χ2n) is 10.5. The monoisotopic (exact) mass is 494 g/mol. The average molecular weight is 495 g/mol. The number of aromatic amines is 1. The van der Waals surface area contributed by atoms with Crippen molar-refractivity contribution in [2.24, 2.45) is 0 Å². The summed E-state index contributed by atoms with van der Waals surface area (Å²) in [6.07, 6.45) is 3.90. The zero-order valence-electron chi connectivity index (χ0n) is 21.4. The molecule has 3 heterocycles. The summed E-state index contributed by atoms with van der Waals surface area (Å²) in [5.74, 6) is 0.114. The van der Waals surface area contributed by atoms with E-state index in [9.17, 15) is 4.79 Å². The lowest BCUT2D eigenvalue weighted by Gasteiger charge is -2.49. The van der Waals surface area contributed by atoms with Gasteiger partial charge < -0.3 is 20.9 Å². The molecule has 2 aliphatic rings. The number of aromatic nitrogens is 1. The number of para-hydroxylation sites is 1. The molecule has 190 valence electrons. The molecule has 4 N–H and O–H groups in total. The number of nitrogens with one attached hydrogen (secondary N) is 4. The van der Waals surface area contributed by atoms with Crippen molar-refractivity contribution in [3.8, 4) is 0 Å². The quantitative estimate of drug-likeness (QED) is 0.293. The number of quaternary nitrogens is 1. The van der Waals surface area contributed by atoms with E-state index in [0.29, 0.717) is 4.48 Å². The van der Waals surface area contributed by atoms with E-state index in [0.717, 1.165) is 55.8 Å². The number of amides is 1. The summed E-state index contributed by atoms with van der Waals surface area (Å²) in [6, 6.07) is 27.1. The van der Waals surface area contributed by atoms with E-state index in [2.05, 4.69) is 88.5 Å². The van der Waals surface area contributed by atoms with Gasteiger partial charge in [-0.1, -0.05) is 54.6 Å². The number of carbonyl (C=O) groups is 1. The van der Waals surface area contributed by atoms with Gasteiger partial charge in [-0.15, -0.1) is 0 Å². The Labute approximate surface area is 218 Å². The van der Waals surface area contributed by atoms with Crippen molar-refractivity contribution in [3.63, 3.8) is 0 Å². The highest BCUT2D eigenvalue weighted by molar-refractivity contribution is 5.94. The molecular weight excluding hydrogens is 458 g/mol. The van der Waals surface area contributed by atoms with Gasteiger partial charge in [0.2, 0.25) is 0 Å². The minimum absolute atomic E-state index is 0.0187. The molecule has 4 aromatic rings. The predicted molar refractivity (Wildman–Crippen MR) is 152 cm³/mol. The van der Waals surface area contributed by atoms with Crippen LogP contribution >= 0.6 is 0 Å². The number of aryl methyl sites for hydroxylation is 1. The van der Waals surface area contributed by atoms with E-state index in [4.69, 9.17) is 0 Å². The number of anilines is 1. The molecule has 1 saturated heterocycles. The molecule has 0 spiro atoms. The fourth-order valence-corrected chi connectivity index (χ4v) is 6.49. The molecule has 2 unspecified atom stereocenters. The number of rotatable bonds is 6. The van der Waals surface area contributed by atoms with Gasteiger partial charge in [-0.3, -0.25) is 9.28 Å². The number of benzene rings is 3. The largest absolute Gasteiger partial charge is 0.376 e. The molecular formula is C31H36N5O+. The summed E-state index contributed by atoms with van der Waals surface area (Å²) in [4.78, 5) is 17.9. The number of H-pyrrole nitrogens is 1. The summed E-state index contributed by atoms with van der Waals surface area (Å²) in [5.41, 5.74) is 5.95. The second kappa shape index (κ2) is 10.0. The van der Waals surface area contributed by atoms with Crippen LogP contribution in [0.15, 0.2) is 85.1 Å². The Morgan fingerprint density at radius 1 is 0.946 bits per heavy atom. The molecule has 0 radical (unpaired) electrons. The van der Waals surface area contributed by atoms with Gasteiger partial charge >= 0.3 is 0 Å². The normalized spacial score (nSPS) is 20.4. The maximum Gasteiger partial charge on any atom is 0.281 e. The van der Waals surface area contributed by atoms with Crippen LogP contribution in [0.3, 0.4) is 0 Å². The van der Waals surface area contributed by atoms with Crippen LogP contribution in [0.4, 0.5) is 11.4 Å². The Bertz CT molecular complexity index is 1370. The number of hydrogen-bond acceptors (Lipinski definition) is 3. The third-order valence-corrected chi connectivity index (χ3v) is 8.35. The van der Waals surface area contributed by atoms with E-state index >= 15 is 0 Å². The molecule has 1 fully saturated rings. The van der Waals surface area contributed by atoms with Crippen LogP contribution in [-0.2, 0) is 11.2 Å². The summed E-state index contributed by atoms with van der Waals surface area (Å²) in [5, 5.41) is 12.0. The van der Waals surface area contributed by atoms with E-state index in [-0.39, 0.29) is 24.0 Å². The van der Waals surface area contributed by atoms with Crippen molar-refractivity contribution < 1.29 is 4.79 Å². The van der Waals surface area contributed by atoms with Crippen molar-refractivity contribution in [3.05, 3.63) is 96.2 Å². The molecule has 6 rings (SSSR count). The fraction of sp³-hybridized carbons (Fsp3) is 0.323. The van der Waals surface area contributed by atoms with Crippen molar-refractivity contribution in [2.45, 2.75) is 37.9 Å². The fourth-order valence-electron chi connectivity index (χ4n) is 6.49. The standard InChI is InChI=1S/C31H35N5O/c1-22(23-8-3-2-4-9-23)34-31(37)30(28-15-14-24-10-5-6-11-26(24)35-28)36(20-18-32-19-21-36)29-13-7-12-27-25(29)16-17-33-27/h2-13,16-17,22,28,30,32-33,35H,14-15,18-21H2,1H3/p+1/t22-,28?,30?/m1/s1. The smallest absolute Gasteiger partial charge is 0.281 e. The Hall–Kier alpha value is -3.61. The highest BCUT2D eigenvalue weighted by Gasteiger charge is 2.50. The average Bonchev–Trinajstić information content (AvgIpc) is 3.43. The molecule has 0 saturated carbocycles. The minimum Gasteiger partial charge on any atom is -0.376 e. The summed E-state index contributed by atoms with van der Waals surface area (Å²) < 4.78 is 0.634. The molecule has 3 atom stereocenters. The van der Waals surface area contributed by atoms with Crippen LogP contribution in [0, 0.1) is 0 Å². The van der Waals surface area contributed by atoms with Crippen LogP contribution in [-0.4, -0.2) is 49.2 Å². The van der Waals surface area contributed by atoms with Crippen molar-refractivity contribution >= 4 is 28.2 Å². The van der Waals surface area contributed by atoms with Crippen LogP contribution in [0.2, 0.25) is 0 Å². The van der Waals surface area contributed by atoms with Crippen molar-refractivity contribution in [1.82, 2.24) is 20.1 Å². The number of nitrogens with zero attached hydrogens (tertiary/aromatic N) is 1. The first kappa shape index (κ1) is 23.8. The van der Waals surface area contributed by atoms with Gasteiger partial charge in [-0.25, -0.2) is 0 Å². The molecule has 2 aliphatic heterocycles. The molecule has 6 nitrogen and oxygen atoms in total. The van der Waals surface area contributed by atoms with E-state index < -0.39 is 0 Å². The Kier molecular flexibility index (Phi) is 6.45. The van der Waals surface area contributed by atoms with E-state index in [1.54, 1.807) is 0 Å². The Balaban J connectivity index is 1.45.